The van der Waals surface area contributed by atoms with E-state index in [0.29, 0.717) is 38.5 Å². The van der Waals surface area contributed by atoms with E-state index >= 15 is 0 Å². The van der Waals surface area contributed by atoms with Gasteiger partial charge in [-0.1, -0.05) is 20.8 Å². The summed E-state index contributed by atoms with van der Waals surface area (Å²) in [4.78, 5) is 11.9. The maximum absolute atomic E-state index is 11.9. The number of nitrogens with two attached hydrogens (primary N) is 1. The second-order valence-corrected chi connectivity index (χ2v) is 6.98. The molecule has 5 heteroatoms. The first-order valence-corrected chi connectivity index (χ1v) is 7.54. The van der Waals surface area contributed by atoms with Crippen molar-refractivity contribution in [3.8, 4) is 0 Å². The summed E-state index contributed by atoms with van der Waals surface area (Å²) in [7, 11) is 0. The van der Waals surface area contributed by atoms with Gasteiger partial charge in [0, 0.05) is 26.0 Å². The third-order valence-electron chi connectivity index (χ3n) is 4.16. The Hall–Kier alpha value is -0.650. The van der Waals surface area contributed by atoms with Crippen molar-refractivity contribution >= 4 is 5.91 Å². The number of hydrogen-bond donors (Lipinski definition) is 3. The Morgan fingerprint density at radius 3 is 2.65 bits per heavy atom. The fourth-order valence-corrected chi connectivity index (χ4v) is 2.60. The van der Waals surface area contributed by atoms with Crippen LogP contribution in [0.2, 0.25) is 0 Å². The van der Waals surface area contributed by atoms with Crippen LogP contribution in [-0.2, 0) is 9.53 Å². The summed E-state index contributed by atoms with van der Waals surface area (Å²) in [6.45, 7) is 8.36. The van der Waals surface area contributed by atoms with Crippen molar-refractivity contribution in [1.29, 1.82) is 0 Å². The fraction of sp³-hybridized carbons (Fsp3) is 0.933. The monoisotopic (exact) mass is 286 g/mol. The average molecular weight is 286 g/mol. The predicted octanol–water partition coefficient (Wildman–Crippen LogP) is 1.05. The SMILES string of the molecule is CC(C)(C)C(CCN)CCC(=O)NCC1(O)CCOC1. The first-order chi connectivity index (χ1) is 9.27. The van der Waals surface area contributed by atoms with E-state index in [1.165, 1.54) is 0 Å². The van der Waals surface area contributed by atoms with E-state index in [-0.39, 0.29) is 17.9 Å². The zero-order valence-corrected chi connectivity index (χ0v) is 13.1. The fourth-order valence-electron chi connectivity index (χ4n) is 2.60. The van der Waals surface area contributed by atoms with Crippen LogP contribution in [0.1, 0.15) is 46.5 Å². The number of ether oxygens (including phenoxy) is 1. The van der Waals surface area contributed by atoms with Gasteiger partial charge in [-0.2, -0.15) is 0 Å². The van der Waals surface area contributed by atoms with E-state index in [1.54, 1.807) is 0 Å². The van der Waals surface area contributed by atoms with Crippen molar-refractivity contribution in [3.63, 3.8) is 0 Å². The van der Waals surface area contributed by atoms with Crippen LogP contribution in [-0.4, -0.2) is 42.9 Å². The highest BCUT2D eigenvalue weighted by Crippen LogP contribution is 2.32. The number of carbonyl (C=O) groups is 1. The molecule has 0 aromatic rings. The number of amides is 1. The van der Waals surface area contributed by atoms with Crippen LogP contribution in [0, 0.1) is 11.3 Å². The summed E-state index contributed by atoms with van der Waals surface area (Å²) in [5.74, 6) is 0.438. The topological polar surface area (TPSA) is 84.6 Å². The van der Waals surface area contributed by atoms with Crippen LogP contribution >= 0.6 is 0 Å². The van der Waals surface area contributed by atoms with Crippen molar-refractivity contribution < 1.29 is 14.6 Å². The predicted molar refractivity (Wildman–Crippen MR) is 79.2 cm³/mol. The van der Waals surface area contributed by atoms with Gasteiger partial charge in [0.25, 0.3) is 0 Å². The molecule has 0 aliphatic carbocycles. The average Bonchev–Trinajstić information content (AvgIpc) is 2.78. The molecule has 0 saturated carbocycles. The maximum Gasteiger partial charge on any atom is 0.220 e. The van der Waals surface area contributed by atoms with E-state index in [9.17, 15) is 9.90 Å². The summed E-state index contributed by atoms with van der Waals surface area (Å²) < 4.78 is 5.15. The van der Waals surface area contributed by atoms with Gasteiger partial charge in [-0.05, 0) is 30.7 Å². The van der Waals surface area contributed by atoms with Crippen molar-refractivity contribution in [2.75, 3.05) is 26.3 Å². The highest BCUT2D eigenvalue weighted by Gasteiger charge is 2.32. The van der Waals surface area contributed by atoms with Crippen molar-refractivity contribution in [2.24, 2.45) is 17.1 Å². The van der Waals surface area contributed by atoms with Crippen LogP contribution in [0.3, 0.4) is 0 Å². The lowest BCUT2D eigenvalue weighted by atomic mass is 9.76. The first kappa shape index (κ1) is 17.4. The molecule has 2 atom stereocenters. The molecule has 1 heterocycles. The molecular formula is C15H30N2O3. The minimum absolute atomic E-state index is 0.00315. The summed E-state index contributed by atoms with van der Waals surface area (Å²) in [6.07, 6.45) is 2.85. The summed E-state index contributed by atoms with van der Waals surface area (Å²) in [5.41, 5.74) is 4.93. The molecule has 2 unspecified atom stereocenters. The minimum atomic E-state index is -0.879. The van der Waals surface area contributed by atoms with Crippen molar-refractivity contribution in [2.45, 2.75) is 52.1 Å². The smallest absolute Gasteiger partial charge is 0.220 e. The lowest BCUT2D eigenvalue weighted by Gasteiger charge is -2.30. The first-order valence-electron chi connectivity index (χ1n) is 7.54. The van der Waals surface area contributed by atoms with Gasteiger partial charge in [-0.25, -0.2) is 0 Å². The van der Waals surface area contributed by atoms with Crippen LogP contribution in [0.15, 0.2) is 0 Å². The standard InChI is InChI=1S/C15H30N2O3/c1-14(2,3)12(6-8-16)4-5-13(18)17-10-15(19)7-9-20-11-15/h12,19H,4-11,16H2,1-3H3,(H,17,18). The molecule has 5 nitrogen and oxygen atoms in total. The quantitative estimate of drug-likeness (QED) is 0.653. The number of hydrogen-bond acceptors (Lipinski definition) is 4. The molecule has 0 aromatic heterocycles. The minimum Gasteiger partial charge on any atom is -0.386 e. The molecule has 1 aliphatic heterocycles. The van der Waals surface area contributed by atoms with Gasteiger partial charge < -0.3 is 20.9 Å². The lowest BCUT2D eigenvalue weighted by Crippen LogP contribution is -2.43. The summed E-state index contributed by atoms with van der Waals surface area (Å²) in [6, 6.07) is 0. The second-order valence-electron chi connectivity index (χ2n) is 6.98. The largest absolute Gasteiger partial charge is 0.386 e. The Morgan fingerprint density at radius 2 is 2.15 bits per heavy atom. The molecule has 0 aromatic carbocycles. The van der Waals surface area contributed by atoms with Crippen molar-refractivity contribution in [3.05, 3.63) is 0 Å². The zero-order valence-electron chi connectivity index (χ0n) is 13.1. The normalized spacial score (nSPS) is 24.6. The van der Waals surface area contributed by atoms with Crippen LogP contribution in [0.4, 0.5) is 0 Å². The summed E-state index contributed by atoms with van der Waals surface area (Å²) >= 11 is 0. The van der Waals surface area contributed by atoms with Gasteiger partial charge >= 0.3 is 0 Å². The van der Waals surface area contributed by atoms with Gasteiger partial charge in [0.1, 0.15) is 5.60 Å². The molecule has 1 fully saturated rings. The van der Waals surface area contributed by atoms with Gasteiger partial charge in [-0.3, -0.25) is 4.79 Å². The maximum atomic E-state index is 11.9. The van der Waals surface area contributed by atoms with Crippen LogP contribution in [0.5, 0.6) is 0 Å². The molecule has 1 aliphatic rings. The van der Waals surface area contributed by atoms with E-state index in [2.05, 4.69) is 26.1 Å². The number of carbonyl (C=O) groups excluding carboxylic acids is 1. The van der Waals surface area contributed by atoms with Gasteiger partial charge in [0.15, 0.2) is 0 Å². The molecule has 1 saturated heterocycles. The Bertz CT molecular complexity index is 307. The number of aliphatic hydroxyl groups is 1. The van der Waals surface area contributed by atoms with Gasteiger partial charge in [-0.15, -0.1) is 0 Å². The molecule has 4 N–H and O–H groups in total. The third-order valence-corrected chi connectivity index (χ3v) is 4.16. The molecule has 1 amide bonds. The highest BCUT2D eigenvalue weighted by molar-refractivity contribution is 5.75. The summed E-state index contributed by atoms with van der Waals surface area (Å²) in [5, 5.41) is 12.9. The van der Waals surface area contributed by atoms with Crippen LogP contribution < -0.4 is 11.1 Å². The second kappa shape index (κ2) is 7.38. The van der Waals surface area contributed by atoms with E-state index in [0.717, 1.165) is 12.8 Å². The zero-order chi connectivity index (χ0) is 15.2. The Balaban J connectivity index is 2.30. The van der Waals surface area contributed by atoms with E-state index < -0.39 is 5.60 Å². The molecule has 0 spiro atoms. The van der Waals surface area contributed by atoms with Crippen molar-refractivity contribution in [1.82, 2.24) is 5.32 Å². The molecule has 118 valence electrons. The Kier molecular flexibility index (Phi) is 6.43. The van der Waals surface area contributed by atoms with Gasteiger partial charge in [0.05, 0.1) is 6.61 Å². The number of nitrogens with one attached hydrogen (secondary N) is 1. The van der Waals surface area contributed by atoms with Crippen LogP contribution in [0.25, 0.3) is 0 Å². The molecule has 20 heavy (non-hydrogen) atoms. The Labute approximate surface area is 122 Å². The van der Waals surface area contributed by atoms with E-state index in [1.807, 2.05) is 0 Å². The molecule has 0 radical (unpaired) electrons. The Morgan fingerprint density at radius 1 is 1.45 bits per heavy atom. The molecule has 1 rings (SSSR count). The third kappa shape index (κ3) is 5.77. The lowest BCUT2D eigenvalue weighted by molar-refractivity contribution is -0.122. The van der Waals surface area contributed by atoms with Gasteiger partial charge in [0.2, 0.25) is 5.91 Å². The molecule has 0 bridgehead atoms. The highest BCUT2D eigenvalue weighted by atomic mass is 16.5. The molecular weight excluding hydrogens is 256 g/mol. The van der Waals surface area contributed by atoms with E-state index in [4.69, 9.17) is 10.5 Å². The number of rotatable bonds is 7.